The summed E-state index contributed by atoms with van der Waals surface area (Å²) in [7, 11) is 1.67. The summed E-state index contributed by atoms with van der Waals surface area (Å²) in [5, 5.41) is 10.9. The van der Waals surface area contributed by atoms with E-state index >= 15 is 0 Å². The molecule has 2 aliphatic rings. The zero-order valence-corrected chi connectivity index (χ0v) is 14.7. The van der Waals surface area contributed by atoms with Gasteiger partial charge in [0.25, 0.3) is 0 Å². The summed E-state index contributed by atoms with van der Waals surface area (Å²) in [6, 6.07) is 9.05. The molecule has 0 saturated heterocycles. The van der Waals surface area contributed by atoms with Crippen LogP contribution in [0.1, 0.15) is 49.9 Å². The Balaban J connectivity index is 2.00. The van der Waals surface area contributed by atoms with Crippen molar-refractivity contribution in [1.29, 1.82) is 5.26 Å². The van der Waals surface area contributed by atoms with E-state index < -0.39 is 0 Å². The van der Waals surface area contributed by atoms with Gasteiger partial charge >= 0.3 is 0 Å². The fraction of sp³-hybridized carbons (Fsp3) is 0.318. The fourth-order valence-corrected chi connectivity index (χ4v) is 3.75. The van der Waals surface area contributed by atoms with Crippen molar-refractivity contribution in [2.45, 2.75) is 38.6 Å². The lowest BCUT2D eigenvalue weighted by atomic mass is 9.92. The van der Waals surface area contributed by atoms with Crippen LogP contribution < -0.4 is 4.74 Å². The van der Waals surface area contributed by atoms with Gasteiger partial charge in [-0.25, -0.2) is 0 Å². The number of nitrogens with zero attached hydrogens (tertiary/aromatic N) is 2. The molecule has 3 heteroatoms. The number of hydrogen-bond donors (Lipinski definition) is 0. The molecule has 3 nitrogen and oxygen atoms in total. The first-order valence-corrected chi connectivity index (χ1v) is 8.90. The third-order valence-corrected chi connectivity index (χ3v) is 5.34. The molecule has 0 N–H and O–H groups in total. The van der Waals surface area contributed by atoms with Crippen molar-refractivity contribution in [3.63, 3.8) is 0 Å². The maximum absolute atomic E-state index is 9.95. The second-order valence-electron chi connectivity index (χ2n) is 6.85. The molecular weight excluding hydrogens is 308 g/mol. The van der Waals surface area contributed by atoms with Gasteiger partial charge in [-0.2, -0.15) is 5.26 Å². The van der Waals surface area contributed by atoms with E-state index in [1.54, 1.807) is 7.11 Å². The van der Waals surface area contributed by atoms with Crippen molar-refractivity contribution < 1.29 is 4.74 Å². The molecule has 1 fully saturated rings. The van der Waals surface area contributed by atoms with E-state index in [2.05, 4.69) is 47.9 Å². The number of benzene rings is 1. The highest BCUT2D eigenvalue weighted by Gasteiger charge is 2.28. The second kappa shape index (κ2) is 6.29. The highest BCUT2D eigenvalue weighted by atomic mass is 16.5. The van der Waals surface area contributed by atoms with Crippen molar-refractivity contribution in [1.82, 2.24) is 4.57 Å². The standard InChI is InChI=1S/C22H22N2O/c1-15-5-3-6-16(10-9-15)22-20(14-23)19-13-18(25-2)11-12-21(19)24(22)17-7-4-8-17/h5-6,9-13,17H,3-4,7-8H2,1-2H3. The van der Waals surface area contributed by atoms with Gasteiger partial charge < -0.3 is 9.30 Å². The van der Waals surface area contributed by atoms with Crippen molar-refractivity contribution >= 4 is 16.5 Å². The Labute approximate surface area is 148 Å². The number of methoxy groups -OCH3 is 1. The first kappa shape index (κ1) is 15.8. The summed E-state index contributed by atoms with van der Waals surface area (Å²) in [5.74, 6) is 0.796. The molecule has 0 bridgehead atoms. The van der Waals surface area contributed by atoms with Crippen LogP contribution in [0, 0.1) is 11.3 Å². The second-order valence-corrected chi connectivity index (χ2v) is 6.85. The van der Waals surface area contributed by atoms with Gasteiger partial charge in [0.1, 0.15) is 11.8 Å². The van der Waals surface area contributed by atoms with Crippen LogP contribution in [0.15, 0.2) is 48.1 Å². The molecule has 4 rings (SSSR count). The summed E-state index contributed by atoms with van der Waals surface area (Å²) in [4.78, 5) is 0. The molecule has 25 heavy (non-hydrogen) atoms. The molecule has 1 aromatic carbocycles. The number of hydrogen-bond acceptors (Lipinski definition) is 2. The molecule has 0 radical (unpaired) electrons. The Morgan fingerprint density at radius 3 is 2.72 bits per heavy atom. The Morgan fingerprint density at radius 2 is 2.04 bits per heavy atom. The third-order valence-electron chi connectivity index (χ3n) is 5.34. The molecule has 0 amide bonds. The van der Waals surface area contributed by atoms with Crippen LogP contribution >= 0.6 is 0 Å². The van der Waals surface area contributed by atoms with Crippen molar-refractivity contribution in [2.24, 2.45) is 0 Å². The van der Waals surface area contributed by atoms with E-state index in [1.807, 2.05) is 12.1 Å². The quantitative estimate of drug-likeness (QED) is 0.741. The van der Waals surface area contributed by atoms with Crippen LogP contribution in [0.3, 0.4) is 0 Å². The smallest absolute Gasteiger partial charge is 0.119 e. The van der Waals surface area contributed by atoms with E-state index in [4.69, 9.17) is 4.74 Å². The number of allylic oxidation sites excluding steroid dienone is 6. The summed E-state index contributed by atoms with van der Waals surface area (Å²) in [6.07, 6.45) is 13.3. The minimum Gasteiger partial charge on any atom is -0.497 e. The first-order chi connectivity index (χ1) is 12.2. The predicted octanol–water partition coefficient (Wildman–Crippen LogP) is 5.54. The highest BCUT2D eigenvalue weighted by Crippen LogP contribution is 2.42. The number of ether oxygens (including phenoxy) is 1. The molecule has 0 unspecified atom stereocenters. The van der Waals surface area contributed by atoms with Crippen LogP contribution in [0.25, 0.3) is 16.5 Å². The topological polar surface area (TPSA) is 37.9 Å². The Kier molecular flexibility index (Phi) is 3.97. The van der Waals surface area contributed by atoms with E-state index in [1.165, 1.54) is 24.8 Å². The highest BCUT2D eigenvalue weighted by molar-refractivity contribution is 5.95. The summed E-state index contributed by atoms with van der Waals surface area (Å²) >= 11 is 0. The zero-order chi connectivity index (χ0) is 17.4. The molecule has 0 aliphatic heterocycles. The maximum atomic E-state index is 9.95. The lowest BCUT2D eigenvalue weighted by Crippen LogP contribution is -2.18. The van der Waals surface area contributed by atoms with Crippen LogP contribution in [0.2, 0.25) is 0 Å². The summed E-state index contributed by atoms with van der Waals surface area (Å²) < 4.78 is 7.79. The molecule has 1 heterocycles. The van der Waals surface area contributed by atoms with Crippen molar-refractivity contribution in [3.8, 4) is 11.8 Å². The Hall–Kier alpha value is -2.73. The molecule has 2 aromatic rings. The lowest BCUT2D eigenvalue weighted by Gasteiger charge is -2.30. The maximum Gasteiger partial charge on any atom is 0.119 e. The Bertz CT molecular complexity index is 962. The summed E-state index contributed by atoms with van der Waals surface area (Å²) in [5.41, 5.74) is 5.37. The van der Waals surface area contributed by atoms with Gasteiger partial charge in [0.15, 0.2) is 0 Å². The largest absolute Gasteiger partial charge is 0.497 e. The minimum absolute atomic E-state index is 0.486. The molecular formula is C22H22N2O. The van der Waals surface area contributed by atoms with Crippen molar-refractivity contribution in [2.75, 3.05) is 7.11 Å². The van der Waals surface area contributed by atoms with Crippen LogP contribution in [0.5, 0.6) is 5.75 Å². The van der Waals surface area contributed by atoms with Gasteiger partial charge in [-0.1, -0.05) is 29.9 Å². The summed E-state index contributed by atoms with van der Waals surface area (Å²) in [6.45, 7) is 2.12. The van der Waals surface area contributed by atoms with E-state index in [9.17, 15) is 5.26 Å². The van der Waals surface area contributed by atoms with Crippen molar-refractivity contribution in [3.05, 3.63) is 59.3 Å². The van der Waals surface area contributed by atoms with Gasteiger partial charge in [-0.3, -0.25) is 0 Å². The lowest BCUT2D eigenvalue weighted by molar-refractivity contribution is 0.320. The third kappa shape index (κ3) is 2.59. The molecule has 1 saturated carbocycles. The molecule has 0 atom stereocenters. The Morgan fingerprint density at radius 1 is 1.20 bits per heavy atom. The molecule has 1 aromatic heterocycles. The van der Waals surface area contributed by atoms with Crippen LogP contribution in [-0.2, 0) is 0 Å². The number of aromatic nitrogens is 1. The number of rotatable bonds is 3. The molecule has 2 aliphatic carbocycles. The average Bonchev–Trinajstić information content (AvgIpc) is 2.72. The van der Waals surface area contributed by atoms with E-state index in [0.717, 1.165) is 39.9 Å². The van der Waals surface area contributed by atoms with Gasteiger partial charge in [0.05, 0.1) is 23.9 Å². The van der Waals surface area contributed by atoms with Crippen LogP contribution in [-0.4, -0.2) is 11.7 Å². The van der Waals surface area contributed by atoms with Crippen LogP contribution in [0.4, 0.5) is 0 Å². The molecule has 0 spiro atoms. The number of nitriles is 1. The fourth-order valence-electron chi connectivity index (χ4n) is 3.75. The van der Waals surface area contributed by atoms with Gasteiger partial charge in [0.2, 0.25) is 0 Å². The van der Waals surface area contributed by atoms with Gasteiger partial charge in [-0.05, 0) is 56.4 Å². The predicted molar refractivity (Wildman–Crippen MR) is 102 cm³/mol. The zero-order valence-electron chi connectivity index (χ0n) is 14.7. The average molecular weight is 330 g/mol. The number of fused-ring (bicyclic) bond motifs is 1. The SMILES string of the molecule is COc1ccc2c(c1)c(C#N)c(C1=CCC=C(C)C=C1)n2C1CCC1. The monoisotopic (exact) mass is 330 g/mol. The normalized spacial score (nSPS) is 17.5. The first-order valence-electron chi connectivity index (χ1n) is 8.90. The molecule has 126 valence electrons. The minimum atomic E-state index is 0.486. The van der Waals surface area contributed by atoms with E-state index in [0.29, 0.717) is 6.04 Å². The van der Waals surface area contributed by atoms with E-state index in [-0.39, 0.29) is 0 Å². The van der Waals surface area contributed by atoms with Gasteiger partial charge in [0, 0.05) is 11.4 Å². The van der Waals surface area contributed by atoms with Gasteiger partial charge in [-0.15, -0.1) is 0 Å².